The number of ether oxygens (including phenoxy) is 1. The van der Waals surface area contributed by atoms with Crippen LogP contribution in [0.5, 0.6) is 0 Å². The predicted octanol–water partition coefficient (Wildman–Crippen LogP) is 4.88. The van der Waals surface area contributed by atoms with Crippen molar-refractivity contribution in [1.82, 2.24) is 4.98 Å². The summed E-state index contributed by atoms with van der Waals surface area (Å²) in [7, 11) is 0. The molecule has 0 saturated carbocycles. The van der Waals surface area contributed by atoms with Gasteiger partial charge >= 0.3 is 5.97 Å². The Morgan fingerprint density at radius 1 is 1.14 bits per heavy atom. The van der Waals surface area contributed by atoms with Gasteiger partial charge in [0.15, 0.2) is 12.4 Å². The van der Waals surface area contributed by atoms with Gasteiger partial charge in [-0.25, -0.2) is 13.6 Å². The highest BCUT2D eigenvalue weighted by Crippen LogP contribution is 2.30. The van der Waals surface area contributed by atoms with E-state index in [1.165, 1.54) is 11.3 Å². The van der Waals surface area contributed by atoms with Gasteiger partial charge in [-0.3, -0.25) is 4.79 Å². The van der Waals surface area contributed by atoms with Crippen LogP contribution >= 0.6 is 15.9 Å². The molecular formula is C21H17BrF2N2O3. The van der Waals surface area contributed by atoms with E-state index in [0.29, 0.717) is 11.6 Å². The van der Waals surface area contributed by atoms with Gasteiger partial charge in [0.05, 0.1) is 11.3 Å². The number of aromatic nitrogens is 1. The molecule has 3 aromatic rings. The normalized spacial score (nSPS) is 13.2. The van der Waals surface area contributed by atoms with Crippen molar-refractivity contribution in [2.45, 2.75) is 25.7 Å². The number of carbonyl (C=O) groups is 2. The van der Waals surface area contributed by atoms with Crippen molar-refractivity contribution in [3.8, 4) is 0 Å². The minimum absolute atomic E-state index is 0.0531. The fourth-order valence-corrected chi connectivity index (χ4v) is 4.09. The first-order valence-corrected chi connectivity index (χ1v) is 9.96. The maximum absolute atomic E-state index is 13.8. The largest absolute Gasteiger partial charge is 0.452 e. The highest BCUT2D eigenvalue weighted by molar-refractivity contribution is 9.10. The molecule has 5 nitrogen and oxygen atoms in total. The molecule has 0 bridgehead atoms. The van der Waals surface area contributed by atoms with E-state index in [1.807, 2.05) is 6.07 Å². The molecule has 1 aliphatic carbocycles. The fourth-order valence-electron chi connectivity index (χ4n) is 3.58. The van der Waals surface area contributed by atoms with Crippen molar-refractivity contribution in [3.63, 3.8) is 0 Å². The van der Waals surface area contributed by atoms with Gasteiger partial charge in [-0.2, -0.15) is 0 Å². The number of hydrogen-bond donors (Lipinski definition) is 2. The van der Waals surface area contributed by atoms with Gasteiger partial charge in [0.25, 0.3) is 5.91 Å². The van der Waals surface area contributed by atoms with Crippen LogP contribution in [0.15, 0.2) is 34.8 Å². The summed E-state index contributed by atoms with van der Waals surface area (Å²) in [5.41, 5.74) is 3.54. The van der Waals surface area contributed by atoms with Crippen LogP contribution in [0.4, 0.5) is 14.5 Å². The van der Waals surface area contributed by atoms with E-state index >= 15 is 0 Å². The summed E-state index contributed by atoms with van der Waals surface area (Å²) in [4.78, 5) is 27.8. The van der Waals surface area contributed by atoms with E-state index in [-0.39, 0.29) is 10.2 Å². The van der Waals surface area contributed by atoms with E-state index < -0.39 is 30.1 Å². The Morgan fingerprint density at radius 3 is 2.72 bits per heavy atom. The highest BCUT2D eigenvalue weighted by atomic mass is 79.9. The van der Waals surface area contributed by atoms with E-state index in [9.17, 15) is 18.4 Å². The monoisotopic (exact) mass is 462 g/mol. The van der Waals surface area contributed by atoms with Crippen LogP contribution in [0.1, 0.15) is 34.5 Å². The molecule has 0 saturated heterocycles. The minimum Gasteiger partial charge on any atom is -0.452 e. The molecule has 2 N–H and O–H groups in total. The average molecular weight is 463 g/mol. The Kier molecular flexibility index (Phi) is 5.36. The molecule has 1 amide bonds. The van der Waals surface area contributed by atoms with Crippen LogP contribution in [0.2, 0.25) is 0 Å². The van der Waals surface area contributed by atoms with Crippen LogP contribution in [0.25, 0.3) is 10.9 Å². The second-order valence-corrected chi connectivity index (χ2v) is 7.77. The van der Waals surface area contributed by atoms with Crippen molar-refractivity contribution in [1.29, 1.82) is 0 Å². The first-order valence-electron chi connectivity index (χ1n) is 9.17. The zero-order chi connectivity index (χ0) is 20.5. The number of aryl methyl sites for hydroxylation is 2. The summed E-state index contributed by atoms with van der Waals surface area (Å²) >= 11 is 2.99. The zero-order valence-corrected chi connectivity index (χ0v) is 16.9. The Morgan fingerprint density at radius 2 is 1.93 bits per heavy atom. The number of fused-ring (bicyclic) bond motifs is 3. The lowest BCUT2D eigenvalue weighted by Crippen LogP contribution is -2.21. The van der Waals surface area contributed by atoms with Crippen LogP contribution in [0, 0.1) is 11.6 Å². The van der Waals surface area contributed by atoms with Crippen LogP contribution < -0.4 is 5.32 Å². The molecule has 1 aromatic heterocycles. The standard InChI is InChI=1S/C21H17BrF2N2O3/c22-15-8-12(23)9-16(24)20(15)26-19(27)10-29-21(28)11-5-6-18-14(7-11)13-3-1-2-4-17(13)25-18/h5-9,25H,1-4,10H2,(H,26,27). The van der Waals surface area contributed by atoms with Crippen molar-refractivity contribution >= 4 is 44.4 Å². The molecule has 0 aliphatic heterocycles. The van der Waals surface area contributed by atoms with E-state index in [1.54, 1.807) is 12.1 Å². The highest BCUT2D eigenvalue weighted by Gasteiger charge is 2.18. The van der Waals surface area contributed by atoms with Crippen LogP contribution in [0.3, 0.4) is 0 Å². The number of carbonyl (C=O) groups excluding carboxylic acids is 2. The van der Waals surface area contributed by atoms with Crippen molar-refractivity contribution in [2.75, 3.05) is 11.9 Å². The molecule has 0 fully saturated rings. The number of anilines is 1. The van der Waals surface area contributed by atoms with E-state index in [2.05, 4.69) is 26.2 Å². The summed E-state index contributed by atoms with van der Waals surface area (Å²) in [6.07, 6.45) is 4.23. The third-order valence-corrected chi connectivity index (χ3v) is 5.56. The molecule has 2 aromatic carbocycles. The fraction of sp³-hybridized carbons (Fsp3) is 0.238. The molecule has 29 heavy (non-hydrogen) atoms. The summed E-state index contributed by atoms with van der Waals surface area (Å²) in [5, 5.41) is 3.27. The molecule has 8 heteroatoms. The van der Waals surface area contributed by atoms with Gasteiger partial charge in [0.1, 0.15) is 5.82 Å². The molecule has 0 unspecified atom stereocenters. The lowest BCUT2D eigenvalue weighted by molar-refractivity contribution is -0.119. The van der Waals surface area contributed by atoms with Crippen LogP contribution in [-0.4, -0.2) is 23.5 Å². The number of amides is 1. The number of aromatic amines is 1. The van der Waals surface area contributed by atoms with Gasteiger partial charge in [-0.15, -0.1) is 0 Å². The van der Waals surface area contributed by atoms with Gasteiger partial charge in [-0.05, 0) is 71.4 Å². The third-order valence-electron chi connectivity index (χ3n) is 4.94. The second kappa shape index (κ2) is 7.94. The first-order chi connectivity index (χ1) is 13.9. The Labute approximate surface area is 173 Å². The topological polar surface area (TPSA) is 71.2 Å². The molecule has 4 rings (SSSR count). The summed E-state index contributed by atoms with van der Waals surface area (Å²) in [6.45, 7) is -0.592. The molecule has 0 atom stereocenters. The SMILES string of the molecule is O=C(COC(=O)c1ccc2[nH]c3c(c2c1)CCCC3)Nc1c(F)cc(F)cc1Br. The summed E-state index contributed by atoms with van der Waals surface area (Å²) < 4.78 is 32.0. The number of esters is 1. The summed E-state index contributed by atoms with van der Waals surface area (Å²) in [5.74, 6) is -3.09. The molecule has 1 heterocycles. The predicted molar refractivity (Wildman–Crippen MR) is 108 cm³/mol. The van der Waals surface area contributed by atoms with Crippen molar-refractivity contribution < 1.29 is 23.1 Å². The third kappa shape index (κ3) is 4.03. The second-order valence-electron chi connectivity index (χ2n) is 6.92. The molecular weight excluding hydrogens is 446 g/mol. The van der Waals surface area contributed by atoms with Gasteiger partial charge < -0.3 is 15.0 Å². The Hall–Kier alpha value is -2.74. The Balaban J connectivity index is 1.44. The number of H-pyrrole nitrogens is 1. The lowest BCUT2D eigenvalue weighted by Gasteiger charge is -2.11. The first kappa shape index (κ1) is 19.6. The maximum Gasteiger partial charge on any atom is 0.338 e. The number of hydrogen-bond acceptors (Lipinski definition) is 3. The van der Waals surface area contributed by atoms with Gasteiger partial charge in [-0.1, -0.05) is 0 Å². The quantitative estimate of drug-likeness (QED) is 0.542. The van der Waals surface area contributed by atoms with Gasteiger partial charge in [0, 0.05) is 27.1 Å². The van der Waals surface area contributed by atoms with Crippen molar-refractivity contribution in [3.05, 3.63) is 63.3 Å². The van der Waals surface area contributed by atoms with Crippen molar-refractivity contribution in [2.24, 2.45) is 0 Å². The molecule has 0 spiro atoms. The maximum atomic E-state index is 13.8. The average Bonchev–Trinajstić information content (AvgIpc) is 3.06. The number of benzene rings is 2. The number of nitrogens with one attached hydrogen (secondary N) is 2. The Bertz CT molecular complexity index is 1100. The number of halogens is 3. The molecule has 1 aliphatic rings. The molecule has 0 radical (unpaired) electrons. The smallest absolute Gasteiger partial charge is 0.338 e. The summed E-state index contributed by atoms with van der Waals surface area (Å²) in [6, 6.07) is 6.92. The molecule has 150 valence electrons. The number of rotatable bonds is 4. The zero-order valence-electron chi connectivity index (χ0n) is 15.3. The minimum atomic E-state index is -0.931. The van der Waals surface area contributed by atoms with E-state index in [0.717, 1.165) is 42.7 Å². The van der Waals surface area contributed by atoms with E-state index in [4.69, 9.17) is 4.74 Å². The lowest BCUT2D eigenvalue weighted by atomic mass is 9.95. The van der Waals surface area contributed by atoms with Crippen LogP contribution in [-0.2, 0) is 22.4 Å². The van der Waals surface area contributed by atoms with Gasteiger partial charge in [0.2, 0.25) is 0 Å².